The number of carbonyl (C=O) groups excluding carboxylic acids is 1. The molecule has 0 aliphatic carbocycles. The lowest BCUT2D eigenvalue weighted by molar-refractivity contribution is 0.0686. The fourth-order valence-electron chi connectivity index (χ4n) is 2.84. The molecule has 138 valence electrons. The van der Waals surface area contributed by atoms with Crippen molar-refractivity contribution in [3.63, 3.8) is 0 Å². The summed E-state index contributed by atoms with van der Waals surface area (Å²) in [6.45, 7) is 0.153. The standard InChI is InChI=1S/C18H14ClN3O5/c19-14-12-6-5-11(21-18(26)27)7-13(12)22(15(14)17(24)25)8-9-1-3-10(4-2-9)16(20)23/h1-7,21H,8H2,(H2,20,23)(H,24,25)(H,26,27). The predicted octanol–water partition coefficient (Wildman–Crippen LogP) is 3.23. The van der Waals surface area contributed by atoms with Gasteiger partial charge in [0.2, 0.25) is 5.91 Å². The second-order valence-corrected chi connectivity index (χ2v) is 6.16. The molecule has 3 rings (SSSR count). The van der Waals surface area contributed by atoms with Crippen molar-refractivity contribution < 1.29 is 24.6 Å². The van der Waals surface area contributed by atoms with E-state index in [1.165, 1.54) is 16.7 Å². The maximum absolute atomic E-state index is 11.7. The Morgan fingerprint density at radius 3 is 2.30 bits per heavy atom. The Bertz CT molecular complexity index is 1070. The van der Waals surface area contributed by atoms with Crippen LogP contribution >= 0.6 is 11.6 Å². The highest BCUT2D eigenvalue weighted by atomic mass is 35.5. The molecule has 0 saturated carbocycles. The van der Waals surface area contributed by atoms with E-state index in [0.717, 1.165) is 0 Å². The molecule has 0 radical (unpaired) electrons. The summed E-state index contributed by atoms with van der Waals surface area (Å²) < 4.78 is 1.48. The molecule has 2 amide bonds. The average Bonchev–Trinajstić information content (AvgIpc) is 2.86. The van der Waals surface area contributed by atoms with E-state index in [-0.39, 0.29) is 22.9 Å². The van der Waals surface area contributed by atoms with E-state index in [1.807, 2.05) is 0 Å². The number of carboxylic acid groups (broad SMARTS) is 2. The van der Waals surface area contributed by atoms with Crippen LogP contribution in [-0.2, 0) is 6.54 Å². The summed E-state index contributed by atoms with van der Waals surface area (Å²) >= 11 is 6.25. The van der Waals surface area contributed by atoms with Gasteiger partial charge in [0.05, 0.1) is 10.5 Å². The van der Waals surface area contributed by atoms with Gasteiger partial charge < -0.3 is 20.5 Å². The summed E-state index contributed by atoms with van der Waals surface area (Å²) in [4.78, 5) is 33.8. The van der Waals surface area contributed by atoms with Gasteiger partial charge >= 0.3 is 12.1 Å². The van der Waals surface area contributed by atoms with Gasteiger partial charge in [-0.05, 0) is 35.9 Å². The van der Waals surface area contributed by atoms with Gasteiger partial charge in [-0.15, -0.1) is 0 Å². The first-order chi connectivity index (χ1) is 12.8. The van der Waals surface area contributed by atoms with Crippen molar-refractivity contribution in [2.24, 2.45) is 5.73 Å². The molecule has 0 aliphatic rings. The third kappa shape index (κ3) is 3.56. The Kier molecular flexibility index (Phi) is 4.74. The average molecular weight is 388 g/mol. The molecule has 3 aromatic rings. The van der Waals surface area contributed by atoms with Crippen LogP contribution in [0.3, 0.4) is 0 Å². The fraction of sp³-hybridized carbons (Fsp3) is 0.0556. The zero-order valence-electron chi connectivity index (χ0n) is 13.8. The van der Waals surface area contributed by atoms with Crippen molar-refractivity contribution in [3.05, 3.63) is 64.3 Å². The van der Waals surface area contributed by atoms with E-state index >= 15 is 0 Å². The fourth-order valence-corrected chi connectivity index (χ4v) is 3.18. The quantitative estimate of drug-likeness (QED) is 0.533. The lowest BCUT2D eigenvalue weighted by atomic mass is 10.1. The first kappa shape index (κ1) is 18.3. The molecule has 0 saturated heterocycles. The van der Waals surface area contributed by atoms with Crippen LogP contribution in [0.5, 0.6) is 0 Å². The third-order valence-corrected chi connectivity index (χ3v) is 4.42. The molecule has 2 aromatic carbocycles. The molecule has 9 heteroatoms. The van der Waals surface area contributed by atoms with Crippen LogP contribution in [-0.4, -0.2) is 32.7 Å². The largest absolute Gasteiger partial charge is 0.477 e. The number of fused-ring (bicyclic) bond motifs is 1. The molecular formula is C18H14ClN3O5. The SMILES string of the molecule is NC(=O)c1ccc(Cn2c(C(=O)O)c(Cl)c3ccc(NC(=O)O)cc32)cc1. The number of hydrogen-bond donors (Lipinski definition) is 4. The van der Waals surface area contributed by atoms with E-state index in [0.29, 0.717) is 22.0 Å². The minimum Gasteiger partial charge on any atom is -0.477 e. The van der Waals surface area contributed by atoms with Gasteiger partial charge in [-0.1, -0.05) is 23.7 Å². The van der Waals surface area contributed by atoms with Gasteiger partial charge in [0.1, 0.15) is 5.69 Å². The molecule has 0 atom stereocenters. The number of aromatic carboxylic acids is 1. The minimum absolute atomic E-state index is 0.0631. The number of carbonyl (C=O) groups is 3. The normalized spacial score (nSPS) is 10.7. The number of rotatable bonds is 5. The highest BCUT2D eigenvalue weighted by Gasteiger charge is 2.22. The summed E-state index contributed by atoms with van der Waals surface area (Å²) in [5.41, 5.74) is 6.90. The number of nitrogens with zero attached hydrogens (tertiary/aromatic N) is 1. The van der Waals surface area contributed by atoms with Crippen molar-refractivity contribution >= 4 is 46.2 Å². The van der Waals surface area contributed by atoms with Crippen molar-refractivity contribution in [1.82, 2.24) is 4.57 Å². The Morgan fingerprint density at radius 1 is 1.07 bits per heavy atom. The predicted molar refractivity (Wildman–Crippen MR) is 99.6 cm³/mol. The van der Waals surface area contributed by atoms with Crippen LogP contribution in [0.1, 0.15) is 26.4 Å². The van der Waals surface area contributed by atoms with E-state index in [4.69, 9.17) is 22.4 Å². The zero-order valence-corrected chi connectivity index (χ0v) is 14.5. The molecule has 0 aliphatic heterocycles. The molecule has 0 spiro atoms. The molecule has 0 bridgehead atoms. The third-order valence-electron chi connectivity index (χ3n) is 4.04. The Hall–Kier alpha value is -3.52. The van der Waals surface area contributed by atoms with E-state index in [2.05, 4.69) is 5.32 Å². The molecule has 1 aromatic heterocycles. The van der Waals surface area contributed by atoms with Crippen LogP contribution in [0, 0.1) is 0 Å². The van der Waals surface area contributed by atoms with Gasteiger partial charge in [0.15, 0.2) is 0 Å². The van der Waals surface area contributed by atoms with Crippen molar-refractivity contribution in [2.45, 2.75) is 6.54 Å². The summed E-state index contributed by atoms with van der Waals surface area (Å²) in [6.07, 6.45) is -1.24. The number of hydrogen-bond acceptors (Lipinski definition) is 3. The summed E-state index contributed by atoms with van der Waals surface area (Å²) in [5, 5.41) is 21.2. The number of aromatic nitrogens is 1. The molecule has 0 fully saturated rings. The van der Waals surface area contributed by atoms with Gasteiger partial charge in [-0.3, -0.25) is 10.1 Å². The molecule has 5 N–H and O–H groups in total. The topological polar surface area (TPSA) is 135 Å². The van der Waals surface area contributed by atoms with Crippen molar-refractivity contribution in [2.75, 3.05) is 5.32 Å². The minimum atomic E-state index is -1.24. The van der Waals surface area contributed by atoms with Gasteiger partial charge in [-0.2, -0.15) is 0 Å². The summed E-state index contributed by atoms with van der Waals surface area (Å²) in [5.74, 6) is -1.77. The Balaban J connectivity index is 2.13. The van der Waals surface area contributed by atoms with Crippen LogP contribution < -0.4 is 11.1 Å². The van der Waals surface area contributed by atoms with Crippen LogP contribution in [0.15, 0.2) is 42.5 Å². The molecule has 0 unspecified atom stereocenters. The highest BCUT2D eigenvalue weighted by Crippen LogP contribution is 2.33. The monoisotopic (exact) mass is 387 g/mol. The zero-order chi connectivity index (χ0) is 19.7. The first-order valence-electron chi connectivity index (χ1n) is 7.71. The van der Waals surface area contributed by atoms with Gasteiger partial charge in [0, 0.05) is 23.2 Å². The number of amides is 2. The van der Waals surface area contributed by atoms with Gasteiger partial charge in [0.25, 0.3) is 0 Å². The van der Waals surface area contributed by atoms with Crippen LogP contribution in [0.2, 0.25) is 5.02 Å². The number of anilines is 1. The highest BCUT2D eigenvalue weighted by molar-refractivity contribution is 6.38. The van der Waals surface area contributed by atoms with Crippen LogP contribution in [0.25, 0.3) is 10.9 Å². The number of primary amides is 1. The lowest BCUT2D eigenvalue weighted by Crippen LogP contribution is -2.12. The Labute approximate surface area is 157 Å². The molecule has 27 heavy (non-hydrogen) atoms. The summed E-state index contributed by atoms with van der Waals surface area (Å²) in [7, 11) is 0. The molecule has 1 heterocycles. The number of nitrogens with one attached hydrogen (secondary N) is 1. The van der Waals surface area contributed by atoms with E-state index < -0.39 is 18.0 Å². The van der Waals surface area contributed by atoms with E-state index in [9.17, 15) is 19.5 Å². The smallest absolute Gasteiger partial charge is 0.409 e. The summed E-state index contributed by atoms with van der Waals surface area (Å²) in [6, 6.07) is 11.0. The second-order valence-electron chi connectivity index (χ2n) is 5.78. The van der Waals surface area contributed by atoms with Crippen LogP contribution in [0.4, 0.5) is 10.5 Å². The Morgan fingerprint density at radius 2 is 1.74 bits per heavy atom. The van der Waals surface area contributed by atoms with E-state index in [1.54, 1.807) is 30.3 Å². The molecular weight excluding hydrogens is 374 g/mol. The number of carboxylic acids is 1. The number of halogens is 1. The molecule has 8 nitrogen and oxygen atoms in total. The van der Waals surface area contributed by atoms with Crippen molar-refractivity contribution in [1.29, 1.82) is 0 Å². The van der Waals surface area contributed by atoms with Gasteiger partial charge in [-0.25, -0.2) is 9.59 Å². The first-order valence-corrected chi connectivity index (χ1v) is 8.09. The van der Waals surface area contributed by atoms with Crippen molar-refractivity contribution in [3.8, 4) is 0 Å². The maximum atomic E-state index is 11.7. The second kappa shape index (κ2) is 7.00. The number of benzene rings is 2. The maximum Gasteiger partial charge on any atom is 0.409 e. The lowest BCUT2D eigenvalue weighted by Gasteiger charge is -2.10. The number of nitrogens with two attached hydrogens (primary N) is 1.